The molecule has 1 heterocycles. The molecule has 0 saturated carbocycles. The van der Waals surface area contributed by atoms with Crippen LogP contribution in [-0.4, -0.2) is 16.6 Å². The maximum atomic E-state index is 12.5. The van der Waals surface area contributed by atoms with E-state index in [0.29, 0.717) is 11.5 Å². The van der Waals surface area contributed by atoms with Crippen molar-refractivity contribution in [1.82, 2.24) is 4.98 Å². The van der Waals surface area contributed by atoms with Gasteiger partial charge >= 0.3 is 0 Å². The highest BCUT2D eigenvalue weighted by Gasteiger charge is 2.09. The number of aromatic amines is 1. The van der Waals surface area contributed by atoms with Gasteiger partial charge < -0.3 is 10.3 Å². The smallest absolute Gasteiger partial charge is 0.234 e. The Labute approximate surface area is 163 Å². The van der Waals surface area contributed by atoms with E-state index in [0.717, 1.165) is 39.0 Å². The first-order valence-corrected chi connectivity index (χ1v) is 10.1. The molecule has 0 aliphatic rings. The Morgan fingerprint density at radius 2 is 1.74 bits per heavy atom. The number of pyridine rings is 1. The predicted octanol–water partition coefficient (Wildman–Crippen LogP) is 4.63. The lowest BCUT2D eigenvalue weighted by molar-refractivity contribution is -0.113. The fraction of sp³-hybridized carbons (Fsp3) is 0.273. The number of nitrogens with one attached hydrogen (secondary N) is 2. The summed E-state index contributed by atoms with van der Waals surface area (Å²) in [5, 5.41) is 3.70. The summed E-state index contributed by atoms with van der Waals surface area (Å²) in [6.45, 7) is 7.96. The SMILES string of the molecule is Cc1ccc(NC(=O)CSCc2cc(=O)c3c(C)ccc(C)c3[nH]2)c(C)c1. The topological polar surface area (TPSA) is 62.0 Å². The maximum absolute atomic E-state index is 12.5. The third-order valence-electron chi connectivity index (χ3n) is 4.61. The molecule has 140 valence electrons. The number of aryl methyl sites for hydroxylation is 4. The second kappa shape index (κ2) is 8.01. The minimum Gasteiger partial charge on any atom is -0.357 e. The molecule has 27 heavy (non-hydrogen) atoms. The number of hydrogen-bond donors (Lipinski definition) is 2. The lowest BCUT2D eigenvalue weighted by Gasteiger charge is -2.10. The zero-order chi connectivity index (χ0) is 19.6. The van der Waals surface area contributed by atoms with E-state index in [9.17, 15) is 9.59 Å². The lowest BCUT2D eigenvalue weighted by atomic mass is 10.0. The molecule has 3 rings (SSSR count). The molecule has 0 bridgehead atoms. The Morgan fingerprint density at radius 3 is 2.48 bits per heavy atom. The Hall–Kier alpha value is -2.53. The number of carbonyl (C=O) groups is 1. The number of anilines is 1. The molecule has 2 aromatic carbocycles. The first-order valence-electron chi connectivity index (χ1n) is 8.92. The van der Waals surface area contributed by atoms with Crippen molar-refractivity contribution in [2.75, 3.05) is 11.1 Å². The fourth-order valence-electron chi connectivity index (χ4n) is 3.19. The number of amides is 1. The van der Waals surface area contributed by atoms with Crippen LogP contribution in [0.5, 0.6) is 0 Å². The van der Waals surface area contributed by atoms with E-state index < -0.39 is 0 Å². The van der Waals surface area contributed by atoms with Gasteiger partial charge in [-0.2, -0.15) is 0 Å². The van der Waals surface area contributed by atoms with Gasteiger partial charge in [-0.15, -0.1) is 11.8 Å². The summed E-state index contributed by atoms with van der Waals surface area (Å²) < 4.78 is 0. The van der Waals surface area contributed by atoms with E-state index >= 15 is 0 Å². The number of aromatic nitrogens is 1. The summed E-state index contributed by atoms with van der Waals surface area (Å²) in [5.41, 5.74) is 6.85. The van der Waals surface area contributed by atoms with Crippen molar-refractivity contribution in [3.8, 4) is 0 Å². The molecule has 0 fully saturated rings. The van der Waals surface area contributed by atoms with Crippen LogP contribution in [0.2, 0.25) is 0 Å². The zero-order valence-electron chi connectivity index (χ0n) is 16.1. The van der Waals surface area contributed by atoms with Crippen LogP contribution >= 0.6 is 11.8 Å². The molecule has 0 atom stereocenters. The molecule has 0 radical (unpaired) electrons. The van der Waals surface area contributed by atoms with Crippen LogP contribution in [0.25, 0.3) is 10.9 Å². The van der Waals surface area contributed by atoms with Crippen LogP contribution in [0.15, 0.2) is 41.2 Å². The highest BCUT2D eigenvalue weighted by molar-refractivity contribution is 7.99. The number of hydrogen-bond acceptors (Lipinski definition) is 3. The monoisotopic (exact) mass is 380 g/mol. The van der Waals surface area contributed by atoms with E-state index in [1.807, 2.05) is 58.0 Å². The lowest BCUT2D eigenvalue weighted by Crippen LogP contribution is -2.15. The molecule has 0 aliphatic heterocycles. The minimum atomic E-state index is -0.0397. The fourth-order valence-corrected chi connectivity index (χ4v) is 3.92. The van der Waals surface area contributed by atoms with E-state index in [1.165, 1.54) is 17.3 Å². The first kappa shape index (κ1) is 19.2. The molecule has 0 spiro atoms. The van der Waals surface area contributed by atoms with Gasteiger partial charge in [0.2, 0.25) is 5.91 Å². The third kappa shape index (κ3) is 4.42. The van der Waals surface area contributed by atoms with E-state index in [1.54, 1.807) is 6.07 Å². The minimum absolute atomic E-state index is 0.0280. The van der Waals surface area contributed by atoms with Crippen molar-refractivity contribution < 1.29 is 4.79 Å². The Morgan fingerprint density at radius 1 is 1.00 bits per heavy atom. The molecule has 1 amide bonds. The van der Waals surface area contributed by atoms with Crippen LogP contribution in [0.1, 0.15) is 27.9 Å². The molecule has 0 aliphatic carbocycles. The molecular formula is C22H24N2O2S. The highest BCUT2D eigenvalue weighted by Crippen LogP contribution is 2.20. The molecule has 0 unspecified atom stereocenters. The van der Waals surface area contributed by atoms with Crippen molar-refractivity contribution in [1.29, 1.82) is 0 Å². The highest BCUT2D eigenvalue weighted by atomic mass is 32.2. The average Bonchev–Trinajstić information content (AvgIpc) is 2.60. The van der Waals surface area contributed by atoms with Gasteiger partial charge in [-0.1, -0.05) is 29.8 Å². The van der Waals surface area contributed by atoms with Crippen LogP contribution in [0.4, 0.5) is 5.69 Å². The van der Waals surface area contributed by atoms with Crippen LogP contribution < -0.4 is 10.7 Å². The Kier molecular flexibility index (Phi) is 5.71. The molecule has 2 N–H and O–H groups in total. The van der Waals surface area contributed by atoms with Crippen LogP contribution in [0.3, 0.4) is 0 Å². The number of benzene rings is 2. The Bertz CT molecular complexity index is 1070. The summed E-state index contributed by atoms with van der Waals surface area (Å²) in [6, 6.07) is 11.6. The Balaban J connectivity index is 1.66. The average molecular weight is 381 g/mol. The number of carbonyl (C=O) groups excluding carboxylic acids is 1. The number of thioether (sulfide) groups is 1. The largest absolute Gasteiger partial charge is 0.357 e. The van der Waals surface area contributed by atoms with E-state index in [-0.39, 0.29) is 11.3 Å². The van der Waals surface area contributed by atoms with Crippen molar-refractivity contribution >= 4 is 34.3 Å². The second-order valence-electron chi connectivity index (χ2n) is 6.97. The number of rotatable bonds is 5. The maximum Gasteiger partial charge on any atom is 0.234 e. The van der Waals surface area contributed by atoms with Crippen molar-refractivity contribution in [2.45, 2.75) is 33.4 Å². The third-order valence-corrected chi connectivity index (χ3v) is 5.59. The number of H-pyrrole nitrogens is 1. The quantitative estimate of drug-likeness (QED) is 0.678. The van der Waals surface area contributed by atoms with Gasteiger partial charge in [0.15, 0.2) is 5.43 Å². The standard InChI is InChI=1S/C22H24N2O2S/c1-13-5-8-18(16(4)9-13)24-20(26)12-27-11-17-10-19(25)21-14(2)6-7-15(3)22(21)23-17/h5-10H,11-12H2,1-4H3,(H,23,25)(H,24,26). The molecule has 0 saturated heterocycles. The van der Waals surface area contributed by atoms with Gasteiger partial charge in [0.1, 0.15) is 0 Å². The summed E-state index contributed by atoms with van der Waals surface area (Å²) in [5.74, 6) is 0.876. The van der Waals surface area contributed by atoms with Gasteiger partial charge in [0, 0.05) is 28.6 Å². The van der Waals surface area contributed by atoms with Crippen LogP contribution in [0, 0.1) is 27.7 Å². The molecule has 3 aromatic rings. The second-order valence-corrected chi connectivity index (χ2v) is 7.95. The molecule has 1 aromatic heterocycles. The van der Waals surface area contributed by atoms with Gasteiger partial charge in [0.25, 0.3) is 0 Å². The number of fused-ring (bicyclic) bond motifs is 1. The normalized spacial score (nSPS) is 11.0. The van der Waals surface area contributed by atoms with Gasteiger partial charge in [-0.25, -0.2) is 0 Å². The van der Waals surface area contributed by atoms with Gasteiger partial charge in [-0.05, 0) is 50.5 Å². The van der Waals surface area contributed by atoms with Crippen molar-refractivity contribution in [2.24, 2.45) is 0 Å². The zero-order valence-corrected chi connectivity index (χ0v) is 16.9. The molecule has 4 nitrogen and oxygen atoms in total. The first-order chi connectivity index (χ1) is 12.8. The summed E-state index contributed by atoms with van der Waals surface area (Å²) in [4.78, 5) is 28.0. The van der Waals surface area contributed by atoms with E-state index in [4.69, 9.17) is 0 Å². The van der Waals surface area contributed by atoms with Crippen LogP contribution in [-0.2, 0) is 10.5 Å². The summed E-state index contributed by atoms with van der Waals surface area (Å²) >= 11 is 1.49. The molecular weight excluding hydrogens is 356 g/mol. The summed E-state index contributed by atoms with van der Waals surface area (Å²) in [7, 11) is 0. The predicted molar refractivity (Wildman–Crippen MR) is 115 cm³/mol. The summed E-state index contributed by atoms with van der Waals surface area (Å²) in [6.07, 6.45) is 0. The van der Waals surface area contributed by atoms with Crippen molar-refractivity contribution in [3.63, 3.8) is 0 Å². The molecule has 5 heteroatoms. The van der Waals surface area contributed by atoms with E-state index in [2.05, 4.69) is 10.3 Å². The van der Waals surface area contributed by atoms with Gasteiger partial charge in [-0.3, -0.25) is 9.59 Å². The van der Waals surface area contributed by atoms with Gasteiger partial charge in [0.05, 0.1) is 11.3 Å². The van der Waals surface area contributed by atoms with Crippen molar-refractivity contribution in [3.05, 3.63) is 74.6 Å².